The summed E-state index contributed by atoms with van der Waals surface area (Å²) in [5.41, 5.74) is 6.06. The number of ether oxygens (including phenoxy) is 1. The smallest absolute Gasteiger partial charge is 0.253 e. The zero-order valence-corrected chi connectivity index (χ0v) is 27.9. The fraction of sp³-hybridized carbons (Fsp3) is 0. The minimum Gasteiger partial charge on any atom is -0.458 e. The van der Waals surface area contributed by atoms with Gasteiger partial charge in [0.1, 0.15) is 23.1 Å². The predicted molar refractivity (Wildman–Crippen MR) is 200 cm³/mol. The highest BCUT2D eigenvalue weighted by molar-refractivity contribution is 8.00. The lowest BCUT2D eigenvalue weighted by Gasteiger charge is -2.45. The van der Waals surface area contributed by atoms with E-state index >= 15 is 0 Å². The number of hydrogen-bond acceptors (Lipinski definition) is 3. The van der Waals surface area contributed by atoms with Crippen LogP contribution in [0.4, 0.5) is 25.8 Å². The van der Waals surface area contributed by atoms with Crippen molar-refractivity contribution in [3.05, 3.63) is 169 Å². The van der Waals surface area contributed by atoms with Crippen LogP contribution in [-0.2, 0) is 0 Å². The summed E-state index contributed by atoms with van der Waals surface area (Å²) in [5.74, 6) is 0.541. The van der Waals surface area contributed by atoms with E-state index in [4.69, 9.17) is 4.74 Å². The molecule has 0 N–H and O–H groups in total. The maximum Gasteiger partial charge on any atom is 0.253 e. The van der Waals surface area contributed by atoms with Crippen molar-refractivity contribution < 1.29 is 13.5 Å². The van der Waals surface area contributed by atoms with E-state index in [1.165, 1.54) is 38.9 Å². The summed E-state index contributed by atoms with van der Waals surface area (Å²) < 4.78 is 35.9. The third-order valence-electron chi connectivity index (χ3n) is 10.2. The van der Waals surface area contributed by atoms with Crippen LogP contribution in [0, 0.1) is 11.6 Å². The predicted octanol–water partition coefficient (Wildman–Crippen LogP) is 6.21. The van der Waals surface area contributed by atoms with Gasteiger partial charge in [-0.2, -0.15) is 0 Å². The average molecular weight is 670 g/mol. The fourth-order valence-corrected chi connectivity index (χ4v) is 14.6. The molecular weight excluding hydrogens is 643 g/mol. The summed E-state index contributed by atoms with van der Waals surface area (Å²) in [6, 6.07) is 53.4. The first kappa shape index (κ1) is 28.6. The molecule has 0 fully saturated rings. The largest absolute Gasteiger partial charge is 0.458 e. The van der Waals surface area contributed by atoms with Crippen LogP contribution in [0.2, 0.25) is 0 Å². The Hall–Kier alpha value is -5.37. The highest BCUT2D eigenvalue weighted by atomic mass is 32.2. The second-order valence-corrected chi connectivity index (χ2v) is 17.5. The van der Waals surface area contributed by atoms with Crippen LogP contribution in [0.1, 0.15) is 0 Å². The standard InChI is InChI=1S/C42H26BF2NOSSi/c44-27-19-21-32-36(23-27)47-37-25-29(26-39-42(37)43(32)33-22-20-28(45)24-38(33)48-39)46-34-15-7-9-17-40(34)49(30-11-3-1-4-12-30,31-13-5-2-6-14-31)41-18-10-8-16-35(41)46/h1-26H. The van der Waals surface area contributed by atoms with Crippen LogP contribution in [0.25, 0.3) is 0 Å². The van der Waals surface area contributed by atoms with Gasteiger partial charge in [0.15, 0.2) is 8.07 Å². The molecule has 7 aromatic rings. The number of rotatable bonds is 3. The van der Waals surface area contributed by atoms with Gasteiger partial charge in [0, 0.05) is 33.3 Å². The second-order valence-electron chi connectivity index (χ2n) is 12.7. The Morgan fingerprint density at radius 3 is 1.76 bits per heavy atom. The monoisotopic (exact) mass is 669 g/mol. The highest BCUT2D eigenvalue weighted by Gasteiger charge is 2.49. The number of anilines is 3. The topological polar surface area (TPSA) is 12.5 Å². The molecule has 3 aliphatic rings. The first-order chi connectivity index (χ1) is 24.1. The lowest BCUT2D eigenvalue weighted by molar-refractivity contribution is 0.480. The Balaban J connectivity index is 1.25. The molecule has 0 unspecified atom stereocenters. The molecule has 0 aromatic heterocycles. The van der Waals surface area contributed by atoms with Gasteiger partial charge in [0.05, 0.1) is 5.69 Å². The molecule has 0 aliphatic carbocycles. The van der Waals surface area contributed by atoms with Crippen molar-refractivity contribution in [2.75, 3.05) is 4.90 Å². The Morgan fingerprint density at radius 1 is 0.531 bits per heavy atom. The lowest BCUT2D eigenvalue weighted by Crippen LogP contribution is -2.77. The number of nitrogens with zero attached hydrogens (tertiary/aromatic N) is 1. The number of para-hydroxylation sites is 2. The van der Waals surface area contributed by atoms with E-state index in [1.807, 2.05) is 6.07 Å². The van der Waals surface area contributed by atoms with Gasteiger partial charge in [-0.15, -0.1) is 0 Å². The van der Waals surface area contributed by atoms with Gasteiger partial charge in [-0.25, -0.2) is 8.78 Å². The molecule has 10 rings (SSSR count). The zero-order chi connectivity index (χ0) is 32.7. The normalized spacial score (nSPS) is 14.5. The Labute approximate surface area is 288 Å². The number of benzene rings is 7. The van der Waals surface area contributed by atoms with Gasteiger partial charge >= 0.3 is 0 Å². The summed E-state index contributed by atoms with van der Waals surface area (Å²) >= 11 is 1.56. The summed E-state index contributed by atoms with van der Waals surface area (Å²) in [6.07, 6.45) is 0. The maximum absolute atomic E-state index is 14.7. The molecule has 232 valence electrons. The number of hydrogen-bond donors (Lipinski definition) is 0. The molecule has 0 saturated carbocycles. The van der Waals surface area contributed by atoms with Crippen molar-refractivity contribution in [1.82, 2.24) is 0 Å². The molecule has 0 spiro atoms. The first-order valence-electron chi connectivity index (χ1n) is 16.3. The van der Waals surface area contributed by atoms with Crippen molar-refractivity contribution in [1.29, 1.82) is 0 Å². The zero-order valence-electron chi connectivity index (χ0n) is 26.1. The van der Waals surface area contributed by atoms with Crippen molar-refractivity contribution in [3.8, 4) is 11.5 Å². The minimum absolute atomic E-state index is 0.197. The van der Waals surface area contributed by atoms with Crippen LogP contribution in [-0.4, -0.2) is 14.8 Å². The highest BCUT2D eigenvalue weighted by Crippen LogP contribution is 2.44. The van der Waals surface area contributed by atoms with Crippen molar-refractivity contribution in [3.63, 3.8) is 0 Å². The molecule has 0 bridgehead atoms. The van der Waals surface area contributed by atoms with Gasteiger partial charge in [-0.1, -0.05) is 126 Å². The molecule has 2 nitrogen and oxygen atoms in total. The minimum atomic E-state index is -2.77. The molecule has 3 heterocycles. The van der Waals surface area contributed by atoms with Gasteiger partial charge in [0.2, 0.25) is 0 Å². The maximum atomic E-state index is 14.7. The van der Waals surface area contributed by atoms with Crippen molar-refractivity contribution in [2.24, 2.45) is 0 Å². The van der Waals surface area contributed by atoms with E-state index in [2.05, 4.69) is 126 Å². The molecule has 3 aliphatic heterocycles. The molecule has 7 aromatic carbocycles. The average Bonchev–Trinajstić information content (AvgIpc) is 3.14. The summed E-state index contributed by atoms with van der Waals surface area (Å²) in [7, 11) is -2.77. The summed E-state index contributed by atoms with van der Waals surface area (Å²) in [4.78, 5) is 4.21. The quantitative estimate of drug-likeness (QED) is 0.208. The van der Waals surface area contributed by atoms with Gasteiger partial charge in [-0.3, -0.25) is 0 Å². The molecule has 0 amide bonds. The lowest BCUT2D eigenvalue weighted by atomic mass is 9.35. The molecule has 0 radical (unpaired) electrons. The summed E-state index contributed by atoms with van der Waals surface area (Å²) in [6.45, 7) is -0.197. The van der Waals surface area contributed by atoms with Gasteiger partial charge < -0.3 is 9.64 Å². The van der Waals surface area contributed by atoms with Crippen LogP contribution in [0.15, 0.2) is 168 Å². The van der Waals surface area contributed by atoms with Crippen LogP contribution in [0.3, 0.4) is 0 Å². The van der Waals surface area contributed by atoms with Crippen molar-refractivity contribution >= 4 is 80.7 Å². The van der Waals surface area contributed by atoms with Crippen LogP contribution < -0.4 is 46.8 Å². The molecule has 0 saturated heterocycles. The summed E-state index contributed by atoms with van der Waals surface area (Å²) in [5, 5.41) is 5.23. The Bertz CT molecular complexity index is 2290. The molecule has 0 atom stereocenters. The Kier molecular flexibility index (Phi) is 6.32. The second kappa shape index (κ2) is 10.8. The Morgan fingerprint density at radius 2 is 1.10 bits per heavy atom. The van der Waals surface area contributed by atoms with E-state index in [1.54, 1.807) is 23.9 Å². The number of fused-ring (bicyclic) bond motifs is 6. The fourth-order valence-electron chi connectivity index (χ4n) is 8.24. The van der Waals surface area contributed by atoms with E-state index < -0.39 is 8.07 Å². The third-order valence-corrected chi connectivity index (χ3v) is 16.2. The van der Waals surface area contributed by atoms with E-state index in [0.717, 1.165) is 43.2 Å². The van der Waals surface area contributed by atoms with Crippen molar-refractivity contribution in [2.45, 2.75) is 9.79 Å². The third kappa shape index (κ3) is 4.12. The van der Waals surface area contributed by atoms with E-state index in [-0.39, 0.29) is 18.3 Å². The van der Waals surface area contributed by atoms with E-state index in [0.29, 0.717) is 11.5 Å². The molecule has 7 heteroatoms. The van der Waals surface area contributed by atoms with E-state index in [9.17, 15) is 8.78 Å². The van der Waals surface area contributed by atoms with Crippen LogP contribution >= 0.6 is 11.8 Å². The SMILES string of the molecule is Fc1ccc2c(c1)Oc1cc(N3c4ccccc4[Si](c4ccccc4)(c4ccccc4)c4ccccc43)cc3c1B2c1ccc(F)cc1S3. The number of halogens is 2. The van der Waals surface area contributed by atoms with Crippen LogP contribution in [0.5, 0.6) is 11.5 Å². The van der Waals surface area contributed by atoms with Gasteiger partial charge in [-0.05, 0) is 68.1 Å². The molecule has 49 heavy (non-hydrogen) atoms. The molecular formula is C42H26BF2NOSSi. The first-order valence-corrected chi connectivity index (χ1v) is 19.2. The van der Waals surface area contributed by atoms with Gasteiger partial charge in [0.25, 0.3) is 6.71 Å².